The number of nitrogens with zero attached hydrogens (tertiary/aromatic N) is 1. The Balaban J connectivity index is 1.61. The molecule has 3 rings (SSSR count). The lowest BCUT2D eigenvalue weighted by atomic mass is 10.2. The molecule has 1 saturated heterocycles. The molecule has 1 aliphatic rings. The number of carbonyl (C=O) groups excluding carboxylic acids is 4. The molecule has 1 aliphatic heterocycles. The van der Waals surface area contributed by atoms with Crippen LogP contribution in [-0.2, 0) is 19.1 Å². The van der Waals surface area contributed by atoms with Gasteiger partial charge in [-0.25, -0.2) is 0 Å². The predicted octanol–water partition coefficient (Wildman–Crippen LogP) is 4.37. The molecule has 0 spiro atoms. The van der Waals surface area contributed by atoms with Crippen molar-refractivity contribution in [1.29, 1.82) is 0 Å². The fraction of sp³-hybridized carbons (Fsp3) is 0.217. The topological polar surface area (TPSA) is 102 Å². The summed E-state index contributed by atoms with van der Waals surface area (Å²) in [5, 5.41) is 2.24. The minimum atomic E-state index is -0.642. The standard InChI is InChI=1S/C23H21BrN2O6S/c1-3-31-21(28)12-26-22(29)19(33-23(26)30)11-15-7-8-18(17(24)10-15)32-13-20(27)25-16-6-4-5-14(2)9-16/h4-11H,3,12-13H2,1-2H3,(H,25,27)/b19-11-. The van der Waals surface area contributed by atoms with Gasteiger partial charge < -0.3 is 14.8 Å². The number of hydrogen-bond acceptors (Lipinski definition) is 7. The van der Waals surface area contributed by atoms with Crippen molar-refractivity contribution in [3.63, 3.8) is 0 Å². The molecular weight excluding hydrogens is 512 g/mol. The number of thioether (sulfide) groups is 1. The van der Waals surface area contributed by atoms with Gasteiger partial charge in [0, 0.05) is 5.69 Å². The number of esters is 1. The summed E-state index contributed by atoms with van der Waals surface area (Å²) < 4.78 is 11.0. The van der Waals surface area contributed by atoms with Gasteiger partial charge in [-0.15, -0.1) is 0 Å². The van der Waals surface area contributed by atoms with Gasteiger partial charge in [0.05, 0.1) is 16.0 Å². The summed E-state index contributed by atoms with van der Waals surface area (Å²) in [6, 6.07) is 12.5. The zero-order chi connectivity index (χ0) is 24.0. The number of hydrogen-bond donors (Lipinski definition) is 1. The monoisotopic (exact) mass is 532 g/mol. The molecule has 0 saturated carbocycles. The molecule has 0 atom stereocenters. The van der Waals surface area contributed by atoms with Crippen LogP contribution in [0.2, 0.25) is 0 Å². The number of aryl methyl sites for hydroxylation is 1. The fourth-order valence-electron chi connectivity index (χ4n) is 2.91. The van der Waals surface area contributed by atoms with Gasteiger partial charge in [-0.1, -0.05) is 18.2 Å². The van der Waals surface area contributed by atoms with Crippen LogP contribution in [0.4, 0.5) is 10.5 Å². The number of amides is 3. The predicted molar refractivity (Wildman–Crippen MR) is 129 cm³/mol. The van der Waals surface area contributed by atoms with Gasteiger partial charge in [0.25, 0.3) is 17.1 Å². The molecule has 2 aromatic carbocycles. The molecule has 1 heterocycles. The number of halogens is 1. The molecule has 1 fully saturated rings. The highest BCUT2D eigenvalue weighted by Crippen LogP contribution is 2.33. The Morgan fingerprint density at radius 1 is 1.18 bits per heavy atom. The maximum atomic E-state index is 12.5. The van der Waals surface area contributed by atoms with E-state index in [0.29, 0.717) is 21.5 Å². The first kappa shape index (κ1) is 24.5. The smallest absolute Gasteiger partial charge is 0.326 e. The third-order valence-electron chi connectivity index (χ3n) is 4.38. The van der Waals surface area contributed by atoms with Gasteiger partial charge in [0.2, 0.25) is 0 Å². The van der Waals surface area contributed by atoms with Crippen LogP contribution in [0, 0.1) is 6.92 Å². The molecule has 33 heavy (non-hydrogen) atoms. The summed E-state index contributed by atoms with van der Waals surface area (Å²) in [5.41, 5.74) is 2.36. The van der Waals surface area contributed by atoms with Gasteiger partial charge in [0.15, 0.2) is 6.61 Å². The largest absolute Gasteiger partial charge is 0.483 e. The average Bonchev–Trinajstić information content (AvgIpc) is 3.00. The lowest BCUT2D eigenvalue weighted by Gasteiger charge is -2.11. The highest BCUT2D eigenvalue weighted by atomic mass is 79.9. The third kappa shape index (κ3) is 6.69. The van der Waals surface area contributed by atoms with Crippen molar-refractivity contribution in [2.45, 2.75) is 13.8 Å². The summed E-state index contributed by atoms with van der Waals surface area (Å²) >= 11 is 4.15. The third-order valence-corrected chi connectivity index (χ3v) is 5.91. The Hall–Kier alpha value is -3.11. The Bertz CT molecular complexity index is 1130. The van der Waals surface area contributed by atoms with Gasteiger partial charge in [-0.05, 0) is 83.0 Å². The van der Waals surface area contributed by atoms with E-state index in [9.17, 15) is 19.2 Å². The lowest BCUT2D eigenvalue weighted by molar-refractivity contribution is -0.146. The summed E-state index contributed by atoms with van der Waals surface area (Å²) in [6.45, 7) is 3.15. The highest BCUT2D eigenvalue weighted by Gasteiger charge is 2.36. The number of rotatable bonds is 8. The fourth-order valence-corrected chi connectivity index (χ4v) is 4.26. The average molecular weight is 533 g/mol. The highest BCUT2D eigenvalue weighted by molar-refractivity contribution is 9.10. The second-order valence-corrected chi connectivity index (χ2v) is 8.82. The zero-order valence-corrected chi connectivity index (χ0v) is 20.3. The van der Waals surface area contributed by atoms with Crippen LogP contribution in [0.25, 0.3) is 6.08 Å². The maximum absolute atomic E-state index is 12.5. The number of benzene rings is 2. The Kier molecular flexibility index (Phi) is 8.29. The molecule has 8 nitrogen and oxygen atoms in total. The first-order valence-corrected chi connectivity index (χ1v) is 11.6. The number of nitrogens with one attached hydrogen (secondary N) is 1. The Labute approximate surface area is 203 Å². The van der Waals surface area contributed by atoms with E-state index in [-0.39, 0.29) is 24.0 Å². The van der Waals surface area contributed by atoms with Gasteiger partial charge in [0.1, 0.15) is 12.3 Å². The van der Waals surface area contributed by atoms with Gasteiger partial charge >= 0.3 is 5.97 Å². The number of anilines is 1. The molecule has 0 aliphatic carbocycles. The van der Waals surface area contributed by atoms with Gasteiger partial charge in [-0.3, -0.25) is 24.1 Å². The van der Waals surface area contributed by atoms with Crippen molar-refractivity contribution in [1.82, 2.24) is 4.90 Å². The zero-order valence-electron chi connectivity index (χ0n) is 17.9. The number of carbonyl (C=O) groups is 4. The van der Waals surface area contributed by atoms with Crippen molar-refractivity contribution in [2.24, 2.45) is 0 Å². The van der Waals surface area contributed by atoms with Crippen molar-refractivity contribution in [3.05, 3.63) is 63.0 Å². The van der Waals surface area contributed by atoms with Crippen molar-refractivity contribution < 1.29 is 28.7 Å². The molecule has 3 amide bonds. The van der Waals surface area contributed by atoms with E-state index >= 15 is 0 Å². The maximum Gasteiger partial charge on any atom is 0.326 e. The molecule has 1 N–H and O–H groups in total. The Morgan fingerprint density at radius 2 is 1.97 bits per heavy atom. The summed E-state index contributed by atoms with van der Waals surface area (Å²) in [5.74, 6) is -1.05. The van der Waals surface area contributed by atoms with E-state index in [1.165, 1.54) is 0 Å². The van der Waals surface area contributed by atoms with E-state index in [4.69, 9.17) is 9.47 Å². The molecule has 2 aromatic rings. The molecular formula is C23H21BrN2O6S. The van der Waals surface area contributed by atoms with Crippen LogP contribution < -0.4 is 10.1 Å². The second kappa shape index (κ2) is 11.2. The lowest BCUT2D eigenvalue weighted by Crippen LogP contribution is -2.34. The quantitative estimate of drug-likeness (QED) is 0.397. The van der Waals surface area contributed by atoms with E-state index in [1.54, 1.807) is 37.3 Å². The van der Waals surface area contributed by atoms with Crippen LogP contribution in [0.5, 0.6) is 5.75 Å². The summed E-state index contributed by atoms with van der Waals surface area (Å²) in [7, 11) is 0. The minimum Gasteiger partial charge on any atom is -0.483 e. The van der Waals surface area contributed by atoms with E-state index in [2.05, 4.69) is 21.2 Å². The molecule has 0 aromatic heterocycles. The Morgan fingerprint density at radius 3 is 2.67 bits per heavy atom. The number of imide groups is 1. The normalized spacial score (nSPS) is 14.5. The molecule has 0 radical (unpaired) electrons. The van der Waals surface area contributed by atoms with Crippen molar-refractivity contribution >= 4 is 62.5 Å². The summed E-state index contributed by atoms with van der Waals surface area (Å²) in [4.78, 5) is 49.4. The number of ether oxygens (including phenoxy) is 2. The first-order valence-electron chi connectivity index (χ1n) is 9.96. The van der Waals surface area contributed by atoms with E-state index in [1.807, 2.05) is 25.1 Å². The van der Waals surface area contributed by atoms with Crippen molar-refractivity contribution in [2.75, 3.05) is 25.1 Å². The van der Waals surface area contributed by atoms with Crippen LogP contribution in [0.15, 0.2) is 51.8 Å². The summed E-state index contributed by atoms with van der Waals surface area (Å²) in [6.07, 6.45) is 1.55. The molecule has 10 heteroatoms. The van der Waals surface area contributed by atoms with E-state index < -0.39 is 23.7 Å². The second-order valence-electron chi connectivity index (χ2n) is 6.97. The minimum absolute atomic E-state index is 0.168. The van der Waals surface area contributed by atoms with Crippen LogP contribution in [-0.4, -0.2) is 47.7 Å². The SMILES string of the molecule is CCOC(=O)CN1C(=O)S/C(=C\c2ccc(OCC(=O)Nc3cccc(C)c3)c(Br)c2)C1=O. The van der Waals surface area contributed by atoms with Crippen LogP contribution in [0.3, 0.4) is 0 Å². The van der Waals surface area contributed by atoms with Crippen molar-refractivity contribution in [3.8, 4) is 5.75 Å². The molecule has 0 bridgehead atoms. The van der Waals surface area contributed by atoms with Gasteiger partial charge in [-0.2, -0.15) is 0 Å². The van der Waals surface area contributed by atoms with E-state index in [0.717, 1.165) is 22.2 Å². The molecule has 0 unspecified atom stereocenters. The van der Waals surface area contributed by atoms with Crippen LogP contribution >= 0.6 is 27.7 Å². The first-order chi connectivity index (χ1) is 15.8. The van der Waals surface area contributed by atoms with Crippen LogP contribution in [0.1, 0.15) is 18.1 Å². The molecule has 172 valence electrons.